The highest BCUT2D eigenvalue weighted by atomic mass is 35.5. The van der Waals surface area contributed by atoms with Gasteiger partial charge in [0.2, 0.25) is 0 Å². The van der Waals surface area contributed by atoms with Crippen LogP contribution in [0.3, 0.4) is 0 Å². The molecule has 0 aliphatic heterocycles. The van der Waals surface area contributed by atoms with Crippen LogP contribution in [0.1, 0.15) is 34.5 Å². The molecule has 0 aromatic heterocycles. The summed E-state index contributed by atoms with van der Waals surface area (Å²) in [7, 11) is 0.794. The van der Waals surface area contributed by atoms with E-state index in [0.717, 1.165) is 16.0 Å². The molecule has 24 heavy (non-hydrogen) atoms. The first-order valence-corrected chi connectivity index (χ1v) is 8.99. The molecule has 130 valence electrons. The van der Waals surface area contributed by atoms with Gasteiger partial charge in [0.05, 0.1) is 6.04 Å². The lowest BCUT2D eigenvalue weighted by Crippen LogP contribution is -2.29. The number of carbonyl (C=O) groups excluding carboxylic acids is 1. The lowest BCUT2D eigenvalue weighted by atomic mass is 10.1. The second-order valence-corrected chi connectivity index (χ2v) is 6.90. The van der Waals surface area contributed by atoms with Crippen LogP contribution in [0.15, 0.2) is 53.4 Å². The van der Waals surface area contributed by atoms with Gasteiger partial charge in [0.25, 0.3) is 5.91 Å². The van der Waals surface area contributed by atoms with E-state index in [1.54, 1.807) is 30.3 Å². The number of nitrogens with zero attached hydrogens (tertiary/aromatic N) is 1. The fourth-order valence-corrected chi connectivity index (χ4v) is 2.84. The SMILES string of the molecule is CC(c1ccc(S(C)=O)cc1)N(C)C(=O)c1ccc(CN)cc1.Cl. The zero-order chi connectivity index (χ0) is 17.0. The first-order valence-electron chi connectivity index (χ1n) is 7.43. The van der Waals surface area contributed by atoms with Crippen LogP contribution >= 0.6 is 12.4 Å². The molecule has 6 heteroatoms. The molecule has 0 spiro atoms. The van der Waals surface area contributed by atoms with Gasteiger partial charge in [0, 0.05) is 41.1 Å². The van der Waals surface area contributed by atoms with E-state index < -0.39 is 10.8 Å². The summed E-state index contributed by atoms with van der Waals surface area (Å²) in [6.07, 6.45) is 1.65. The van der Waals surface area contributed by atoms with Crippen LogP contribution in [0.4, 0.5) is 0 Å². The molecular weight excluding hydrogens is 344 g/mol. The minimum absolute atomic E-state index is 0. The number of nitrogens with two attached hydrogens (primary N) is 1. The molecule has 2 aromatic rings. The van der Waals surface area contributed by atoms with Crippen molar-refractivity contribution < 1.29 is 9.00 Å². The van der Waals surface area contributed by atoms with Crippen LogP contribution in [0.25, 0.3) is 0 Å². The summed E-state index contributed by atoms with van der Waals surface area (Å²) in [6, 6.07) is 14.8. The third-order valence-electron chi connectivity index (χ3n) is 4.03. The normalized spacial score (nSPS) is 12.8. The van der Waals surface area contributed by atoms with Crippen LogP contribution in [0.5, 0.6) is 0 Å². The quantitative estimate of drug-likeness (QED) is 0.884. The molecule has 2 unspecified atom stereocenters. The van der Waals surface area contributed by atoms with Crippen molar-refractivity contribution in [1.29, 1.82) is 0 Å². The largest absolute Gasteiger partial charge is 0.335 e. The Morgan fingerprint density at radius 2 is 1.67 bits per heavy atom. The molecule has 4 nitrogen and oxygen atoms in total. The van der Waals surface area contributed by atoms with Crippen molar-refractivity contribution in [2.75, 3.05) is 13.3 Å². The van der Waals surface area contributed by atoms with E-state index in [-0.39, 0.29) is 24.4 Å². The third kappa shape index (κ3) is 4.66. The smallest absolute Gasteiger partial charge is 0.254 e. The van der Waals surface area contributed by atoms with Gasteiger partial charge in [0.15, 0.2) is 0 Å². The molecule has 2 N–H and O–H groups in total. The Morgan fingerprint density at radius 3 is 2.12 bits per heavy atom. The lowest BCUT2D eigenvalue weighted by Gasteiger charge is -2.25. The minimum atomic E-state index is -0.994. The summed E-state index contributed by atoms with van der Waals surface area (Å²) in [5, 5.41) is 0. The third-order valence-corrected chi connectivity index (χ3v) is 4.97. The fraction of sp³-hybridized carbons (Fsp3) is 0.278. The summed E-state index contributed by atoms with van der Waals surface area (Å²) in [4.78, 5) is 15.1. The number of amides is 1. The van der Waals surface area contributed by atoms with Gasteiger partial charge in [-0.25, -0.2) is 0 Å². The van der Waals surface area contributed by atoms with E-state index in [4.69, 9.17) is 5.73 Å². The maximum Gasteiger partial charge on any atom is 0.254 e. The molecule has 0 aliphatic rings. The van der Waals surface area contributed by atoms with Gasteiger partial charge in [-0.1, -0.05) is 24.3 Å². The van der Waals surface area contributed by atoms with E-state index in [2.05, 4.69) is 0 Å². The fourth-order valence-electron chi connectivity index (χ4n) is 2.32. The van der Waals surface area contributed by atoms with Gasteiger partial charge < -0.3 is 10.6 Å². The van der Waals surface area contributed by atoms with Crippen LogP contribution in [-0.2, 0) is 17.3 Å². The topological polar surface area (TPSA) is 63.4 Å². The van der Waals surface area contributed by atoms with E-state index in [0.29, 0.717) is 12.1 Å². The number of halogens is 1. The van der Waals surface area contributed by atoms with Crippen molar-refractivity contribution in [3.63, 3.8) is 0 Å². The number of benzene rings is 2. The van der Waals surface area contributed by atoms with Crippen LogP contribution in [0, 0.1) is 0 Å². The van der Waals surface area contributed by atoms with E-state index >= 15 is 0 Å². The van der Waals surface area contributed by atoms with Crippen molar-refractivity contribution in [2.45, 2.75) is 24.4 Å². The maximum absolute atomic E-state index is 12.6. The predicted molar refractivity (Wildman–Crippen MR) is 101 cm³/mol. The lowest BCUT2D eigenvalue weighted by molar-refractivity contribution is 0.0742. The molecule has 0 heterocycles. The summed E-state index contributed by atoms with van der Waals surface area (Å²) < 4.78 is 11.4. The Bertz CT molecular complexity index is 702. The van der Waals surface area contributed by atoms with E-state index in [1.165, 1.54) is 0 Å². The second-order valence-electron chi connectivity index (χ2n) is 5.52. The molecule has 0 fully saturated rings. The Hall–Kier alpha value is -1.69. The number of hydrogen-bond acceptors (Lipinski definition) is 3. The van der Waals surface area contributed by atoms with E-state index in [9.17, 15) is 9.00 Å². The second kappa shape index (κ2) is 8.97. The monoisotopic (exact) mass is 366 g/mol. The summed E-state index contributed by atoms with van der Waals surface area (Å²) >= 11 is 0. The van der Waals surface area contributed by atoms with Crippen molar-refractivity contribution >= 4 is 29.1 Å². The van der Waals surface area contributed by atoms with Gasteiger partial charge in [0.1, 0.15) is 0 Å². The van der Waals surface area contributed by atoms with Crippen LogP contribution in [-0.4, -0.2) is 28.3 Å². The van der Waals surface area contributed by atoms with Crippen molar-refractivity contribution in [1.82, 2.24) is 4.90 Å². The first-order chi connectivity index (χ1) is 10.9. The average molecular weight is 367 g/mol. The highest BCUT2D eigenvalue weighted by Crippen LogP contribution is 2.22. The first kappa shape index (κ1) is 20.4. The van der Waals surface area contributed by atoms with Gasteiger partial charge in [-0.15, -0.1) is 12.4 Å². The number of carbonyl (C=O) groups is 1. The highest BCUT2D eigenvalue weighted by Gasteiger charge is 2.19. The highest BCUT2D eigenvalue weighted by molar-refractivity contribution is 7.84. The Kier molecular flexibility index (Phi) is 7.60. The van der Waals surface area contributed by atoms with E-state index in [1.807, 2.05) is 43.3 Å². The predicted octanol–water partition coefficient (Wildman–Crippen LogP) is 3.14. The van der Waals surface area contributed by atoms with Gasteiger partial charge in [-0.3, -0.25) is 9.00 Å². The molecule has 2 aromatic carbocycles. The molecule has 0 radical (unpaired) electrons. The molecule has 0 aliphatic carbocycles. The zero-order valence-electron chi connectivity index (χ0n) is 14.1. The number of hydrogen-bond donors (Lipinski definition) is 1. The van der Waals surface area contributed by atoms with Crippen molar-refractivity contribution in [3.8, 4) is 0 Å². The Morgan fingerprint density at radius 1 is 1.12 bits per heavy atom. The molecule has 0 saturated heterocycles. The Balaban J connectivity index is 0.00000288. The maximum atomic E-state index is 12.6. The van der Waals surface area contributed by atoms with Crippen molar-refractivity contribution in [3.05, 3.63) is 65.2 Å². The zero-order valence-corrected chi connectivity index (χ0v) is 15.7. The minimum Gasteiger partial charge on any atom is -0.335 e. The number of rotatable bonds is 5. The summed E-state index contributed by atoms with van der Waals surface area (Å²) in [6.45, 7) is 2.44. The van der Waals surface area contributed by atoms with Gasteiger partial charge in [-0.2, -0.15) is 0 Å². The average Bonchev–Trinajstić information content (AvgIpc) is 2.60. The molecule has 2 rings (SSSR count). The van der Waals surface area contributed by atoms with Crippen LogP contribution in [0.2, 0.25) is 0 Å². The Labute approximate surface area is 151 Å². The summed E-state index contributed by atoms with van der Waals surface area (Å²) in [5.74, 6) is -0.0378. The molecule has 1 amide bonds. The van der Waals surface area contributed by atoms with Gasteiger partial charge in [-0.05, 0) is 42.3 Å². The molecule has 0 bridgehead atoms. The van der Waals surface area contributed by atoms with Gasteiger partial charge >= 0.3 is 0 Å². The molecule has 2 atom stereocenters. The molecular formula is C18H23ClN2O2S. The molecule has 0 saturated carbocycles. The standard InChI is InChI=1S/C18H22N2O2S.ClH/c1-13(15-8-10-17(11-9-15)23(3)22)20(2)18(21)16-6-4-14(12-19)5-7-16;/h4-11,13H,12,19H2,1-3H3;1H. The summed E-state index contributed by atoms with van der Waals surface area (Å²) in [5.41, 5.74) is 8.23. The van der Waals surface area contributed by atoms with Crippen molar-refractivity contribution in [2.24, 2.45) is 5.73 Å². The van der Waals surface area contributed by atoms with Crippen LogP contribution < -0.4 is 5.73 Å².